The highest BCUT2D eigenvalue weighted by molar-refractivity contribution is 5.73. The summed E-state index contributed by atoms with van der Waals surface area (Å²) in [5, 5.41) is 0. The third kappa shape index (κ3) is 4.25. The van der Waals surface area contributed by atoms with Gasteiger partial charge in [0.15, 0.2) is 0 Å². The third-order valence-electron chi connectivity index (χ3n) is 6.19. The van der Waals surface area contributed by atoms with E-state index in [1.54, 1.807) is 19.1 Å². The van der Waals surface area contributed by atoms with Crippen molar-refractivity contribution in [3.05, 3.63) is 54.0 Å². The summed E-state index contributed by atoms with van der Waals surface area (Å²) in [5.74, 6) is 0.367. The van der Waals surface area contributed by atoms with Crippen LogP contribution in [-0.4, -0.2) is 52.9 Å². The molecule has 28 heavy (non-hydrogen) atoms. The summed E-state index contributed by atoms with van der Waals surface area (Å²) in [4.78, 5) is 21.0. The van der Waals surface area contributed by atoms with E-state index in [9.17, 15) is 9.18 Å². The summed E-state index contributed by atoms with van der Waals surface area (Å²) in [7, 11) is 0. The largest absolute Gasteiger partial charge is 0.343 e. The number of pyridine rings is 1. The van der Waals surface area contributed by atoms with Gasteiger partial charge in [-0.3, -0.25) is 14.7 Å². The van der Waals surface area contributed by atoms with Crippen molar-refractivity contribution in [1.29, 1.82) is 0 Å². The van der Waals surface area contributed by atoms with Crippen molar-refractivity contribution >= 4 is 5.91 Å². The monoisotopic (exact) mass is 381 g/mol. The maximum atomic E-state index is 13.6. The Bertz CT molecular complexity index is 832. The van der Waals surface area contributed by atoms with Gasteiger partial charge in [-0.1, -0.05) is 18.2 Å². The van der Waals surface area contributed by atoms with Gasteiger partial charge in [0.1, 0.15) is 5.82 Å². The van der Waals surface area contributed by atoms with E-state index in [0.717, 1.165) is 62.4 Å². The second-order valence-corrected chi connectivity index (χ2v) is 8.03. The Morgan fingerprint density at radius 2 is 1.86 bits per heavy atom. The molecule has 3 heterocycles. The Morgan fingerprint density at radius 3 is 2.61 bits per heavy atom. The predicted molar refractivity (Wildman–Crippen MR) is 108 cm³/mol. The molecule has 1 aromatic carbocycles. The SMILES string of the molecule is CC(=O)N1CCC(N2CCCC(c3cccc(-c4cccc(F)c4)n3)C2)CC1. The topological polar surface area (TPSA) is 36.4 Å². The number of benzene rings is 1. The highest BCUT2D eigenvalue weighted by Gasteiger charge is 2.30. The number of hydrogen-bond donors (Lipinski definition) is 0. The molecular weight excluding hydrogens is 353 g/mol. The van der Waals surface area contributed by atoms with Gasteiger partial charge in [-0.25, -0.2) is 4.39 Å². The first-order chi connectivity index (χ1) is 13.6. The fourth-order valence-electron chi connectivity index (χ4n) is 4.61. The molecule has 1 aromatic heterocycles. The summed E-state index contributed by atoms with van der Waals surface area (Å²) >= 11 is 0. The normalized spacial score (nSPS) is 21.6. The van der Waals surface area contributed by atoms with Crippen molar-refractivity contribution in [2.24, 2.45) is 0 Å². The zero-order chi connectivity index (χ0) is 19.5. The molecule has 4 rings (SSSR count). The Kier molecular flexibility index (Phi) is 5.72. The smallest absolute Gasteiger partial charge is 0.219 e. The van der Waals surface area contributed by atoms with Crippen LogP contribution in [0.2, 0.25) is 0 Å². The maximum Gasteiger partial charge on any atom is 0.219 e. The van der Waals surface area contributed by atoms with Crippen molar-refractivity contribution in [3.63, 3.8) is 0 Å². The van der Waals surface area contributed by atoms with E-state index in [1.807, 2.05) is 23.1 Å². The molecule has 1 unspecified atom stereocenters. The number of carbonyl (C=O) groups excluding carboxylic acids is 1. The minimum atomic E-state index is -0.231. The summed E-state index contributed by atoms with van der Waals surface area (Å²) in [6.45, 7) is 5.55. The number of carbonyl (C=O) groups is 1. The molecule has 0 aliphatic carbocycles. The van der Waals surface area contributed by atoms with Crippen LogP contribution in [0.4, 0.5) is 4.39 Å². The molecule has 2 fully saturated rings. The van der Waals surface area contributed by atoms with Gasteiger partial charge in [0.25, 0.3) is 0 Å². The lowest BCUT2D eigenvalue weighted by molar-refractivity contribution is -0.130. The van der Waals surface area contributed by atoms with Crippen LogP contribution in [0.3, 0.4) is 0 Å². The predicted octanol–water partition coefficient (Wildman–Crippen LogP) is 4.08. The first-order valence-corrected chi connectivity index (χ1v) is 10.3. The van der Waals surface area contributed by atoms with Crippen LogP contribution in [0.25, 0.3) is 11.3 Å². The first kappa shape index (κ1) is 19.1. The molecular formula is C23H28FN3O. The zero-order valence-corrected chi connectivity index (χ0v) is 16.5. The van der Waals surface area contributed by atoms with E-state index in [2.05, 4.69) is 11.0 Å². The van der Waals surface area contributed by atoms with E-state index in [4.69, 9.17) is 4.98 Å². The molecule has 2 aromatic rings. The maximum absolute atomic E-state index is 13.6. The second-order valence-electron chi connectivity index (χ2n) is 8.03. The lowest BCUT2D eigenvalue weighted by Crippen LogP contribution is -2.49. The quantitative estimate of drug-likeness (QED) is 0.804. The number of aromatic nitrogens is 1. The number of halogens is 1. The second kappa shape index (κ2) is 8.39. The van der Waals surface area contributed by atoms with Crippen molar-refractivity contribution in [1.82, 2.24) is 14.8 Å². The zero-order valence-electron chi connectivity index (χ0n) is 16.5. The number of amides is 1. The van der Waals surface area contributed by atoms with Gasteiger partial charge in [0, 0.05) is 49.8 Å². The lowest BCUT2D eigenvalue weighted by atomic mass is 9.91. The van der Waals surface area contributed by atoms with Gasteiger partial charge in [0.2, 0.25) is 5.91 Å². The van der Waals surface area contributed by atoms with Crippen molar-refractivity contribution in [3.8, 4) is 11.3 Å². The molecule has 0 saturated carbocycles. The highest BCUT2D eigenvalue weighted by Crippen LogP contribution is 2.30. The minimum Gasteiger partial charge on any atom is -0.343 e. The van der Waals surface area contributed by atoms with Gasteiger partial charge in [0.05, 0.1) is 5.69 Å². The van der Waals surface area contributed by atoms with E-state index in [0.29, 0.717) is 12.0 Å². The molecule has 2 aliphatic rings. The van der Waals surface area contributed by atoms with Gasteiger partial charge in [-0.05, 0) is 56.5 Å². The minimum absolute atomic E-state index is 0.188. The molecule has 5 heteroatoms. The third-order valence-corrected chi connectivity index (χ3v) is 6.19. The molecule has 2 saturated heterocycles. The Morgan fingerprint density at radius 1 is 1.07 bits per heavy atom. The summed E-state index contributed by atoms with van der Waals surface area (Å²) in [6.07, 6.45) is 4.43. The lowest BCUT2D eigenvalue weighted by Gasteiger charge is -2.42. The number of hydrogen-bond acceptors (Lipinski definition) is 3. The molecule has 0 N–H and O–H groups in total. The average Bonchev–Trinajstić information content (AvgIpc) is 2.74. The Balaban J connectivity index is 1.45. The molecule has 4 nitrogen and oxygen atoms in total. The Labute approximate surface area is 166 Å². The number of likely N-dealkylation sites (tertiary alicyclic amines) is 2. The van der Waals surface area contributed by atoms with Gasteiger partial charge < -0.3 is 4.90 Å². The molecule has 1 amide bonds. The van der Waals surface area contributed by atoms with Crippen LogP contribution < -0.4 is 0 Å². The standard InChI is InChI=1S/C23H28FN3O/c1-17(28)26-13-10-21(11-14-26)27-12-4-6-19(16-27)23-9-3-8-22(25-23)18-5-2-7-20(24)15-18/h2-3,5,7-9,15,19,21H,4,6,10-14,16H2,1H3. The van der Waals surface area contributed by atoms with E-state index >= 15 is 0 Å². The fraction of sp³-hybridized carbons (Fsp3) is 0.478. The first-order valence-electron chi connectivity index (χ1n) is 10.3. The van der Waals surface area contributed by atoms with Crippen LogP contribution in [0, 0.1) is 5.82 Å². The summed E-state index contributed by atoms with van der Waals surface area (Å²) in [5.41, 5.74) is 2.77. The van der Waals surface area contributed by atoms with E-state index < -0.39 is 0 Å². The summed E-state index contributed by atoms with van der Waals surface area (Å²) < 4.78 is 13.6. The number of piperidine rings is 2. The fourth-order valence-corrected chi connectivity index (χ4v) is 4.61. The molecule has 0 radical (unpaired) electrons. The number of rotatable bonds is 3. The van der Waals surface area contributed by atoms with Gasteiger partial charge in [-0.2, -0.15) is 0 Å². The van der Waals surface area contributed by atoms with Crippen molar-refractivity contribution < 1.29 is 9.18 Å². The van der Waals surface area contributed by atoms with Crippen LogP contribution >= 0.6 is 0 Å². The van der Waals surface area contributed by atoms with E-state index in [-0.39, 0.29) is 11.7 Å². The summed E-state index contributed by atoms with van der Waals surface area (Å²) in [6, 6.07) is 13.3. The van der Waals surface area contributed by atoms with Crippen LogP contribution in [-0.2, 0) is 4.79 Å². The van der Waals surface area contributed by atoms with Gasteiger partial charge in [-0.15, -0.1) is 0 Å². The molecule has 2 aliphatic heterocycles. The van der Waals surface area contributed by atoms with Crippen LogP contribution in [0.15, 0.2) is 42.5 Å². The van der Waals surface area contributed by atoms with Crippen LogP contribution in [0.1, 0.15) is 44.2 Å². The highest BCUT2D eigenvalue weighted by atomic mass is 19.1. The molecule has 1 atom stereocenters. The molecule has 0 spiro atoms. The Hall–Kier alpha value is -2.27. The van der Waals surface area contributed by atoms with E-state index in [1.165, 1.54) is 12.5 Å². The van der Waals surface area contributed by atoms with Crippen LogP contribution in [0.5, 0.6) is 0 Å². The van der Waals surface area contributed by atoms with Crippen molar-refractivity contribution in [2.45, 2.75) is 44.6 Å². The molecule has 148 valence electrons. The average molecular weight is 381 g/mol. The van der Waals surface area contributed by atoms with Crippen molar-refractivity contribution in [2.75, 3.05) is 26.2 Å². The molecule has 0 bridgehead atoms. The van der Waals surface area contributed by atoms with Gasteiger partial charge >= 0.3 is 0 Å². The number of nitrogens with zero attached hydrogens (tertiary/aromatic N) is 3.